The molecular weight excluding hydrogens is 168 g/mol. The van der Waals surface area contributed by atoms with Gasteiger partial charge in [-0.1, -0.05) is 50.1 Å². The van der Waals surface area contributed by atoms with Crippen LogP contribution in [-0.2, 0) is 6.42 Å². The zero-order valence-electron chi connectivity index (χ0n) is 10.1. The van der Waals surface area contributed by atoms with Crippen LogP contribution in [0.3, 0.4) is 0 Å². The van der Waals surface area contributed by atoms with Crippen LogP contribution in [0.5, 0.6) is 0 Å². The fourth-order valence-corrected chi connectivity index (χ4v) is 1.73. The van der Waals surface area contributed by atoms with E-state index in [-0.39, 0.29) is 0 Å². The van der Waals surface area contributed by atoms with Gasteiger partial charge in [0.1, 0.15) is 0 Å². The summed E-state index contributed by atoms with van der Waals surface area (Å²) in [4.78, 5) is 0. The summed E-state index contributed by atoms with van der Waals surface area (Å²) in [5.74, 6) is 0. The summed E-state index contributed by atoms with van der Waals surface area (Å²) in [6.45, 7) is 11.3. The molecule has 0 aliphatic rings. The van der Waals surface area contributed by atoms with E-state index in [9.17, 15) is 0 Å². The molecule has 0 saturated heterocycles. The third kappa shape index (κ3) is 3.95. The Hall–Kier alpha value is -0.780. The van der Waals surface area contributed by atoms with Gasteiger partial charge in [-0.3, -0.25) is 0 Å². The van der Waals surface area contributed by atoms with Crippen molar-refractivity contribution in [3.8, 4) is 0 Å². The molecule has 0 amide bonds. The summed E-state index contributed by atoms with van der Waals surface area (Å²) >= 11 is 0. The number of aryl methyl sites for hydroxylation is 3. The van der Waals surface area contributed by atoms with Crippen molar-refractivity contribution in [1.82, 2.24) is 0 Å². The fraction of sp³-hybridized carbons (Fsp3) is 0.571. The molecule has 0 atom stereocenters. The highest BCUT2D eigenvalue weighted by Gasteiger charge is 2.09. The molecule has 0 spiro atoms. The molecule has 0 aromatic heterocycles. The Morgan fingerprint density at radius 2 is 1.43 bits per heavy atom. The SMILES string of the molecule is Cc1cc(C)cc(CCC(C)(C)C)c1. The first-order valence-corrected chi connectivity index (χ1v) is 5.44. The van der Waals surface area contributed by atoms with Gasteiger partial charge in [0.05, 0.1) is 0 Å². The van der Waals surface area contributed by atoms with Gasteiger partial charge in [0.25, 0.3) is 0 Å². The van der Waals surface area contributed by atoms with Gasteiger partial charge in [-0.15, -0.1) is 0 Å². The average Bonchev–Trinajstić information content (AvgIpc) is 1.97. The van der Waals surface area contributed by atoms with Crippen LogP contribution in [0.4, 0.5) is 0 Å². The van der Waals surface area contributed by atoms with Gasteiger partial charge >= 0.3 is 0 Å². The molecule has 0 heteroatoms. The van der Waals surface area contributed by atoms with Crippen LogP contribution in [0.2, 0.25) is 0 Å². The number of hydrogen-bond acceptors (Lipinski definition) is 0. The van der Waals surface area contributed by atoms with E-state index in [2.05, 4.69) is 52.8 Å². The molecule has 0 aliphatic carbocycles. The monoisotopic (exact) mass is 190 g/mol. The summed E-state index contributed by atoms with van der Waals surface area (Å²) in [6.07, 6.45) is 2.46. The molecule has 0 unspecified atom stereocenters. The third-order valence-electron chi connectivity index (χ3n) is 2.45. The van der Waals surface area contributed by atoms with Gasteiger partial charge < -0.3 is 0 Å². The molecule has 0 N–H and O–H groups in total. The Labute approximate surface area is 88.4 Å². The smallest absolute Gasteiger partial charge is 0.0274 e. The zero-order chi connectivity index (χ0) is 10.8. The van der Waals surface area contributed by atoms with E-state index in [1.807, 2.05) is 0 Å². The lowest BCUT2D eigenvalue weighted by Crippen LogP contribution is -2.06. The standard InChI is InChI=1S/C14H22/c1-11-8-12(2)10-13(9-11)6-7-14(3,4)5/h8-10H,6-7H2,1-5H3. The number of hydrogen-bond donors (Lipinski definition) is 0. The molecule has 0 fully saturated rings. The second-order valence-electron chi connectivity index (χ2n) is 5.56. The molecule has 0 heterocycles. The predicted octanol–water partition coefficient (Wildman–Crippen LogP) is 4.28. The quantitative estimate of drug-likeness (QED) is 0.653. The van der Waals surface area contributed by atoms with Gasteiger partial charge in [-0.2, -0.15) is 0 Å². The van der Waals surface area contributed by atoms with Crippen molar-refractivity contribution in [3.05, 3.63) is 34.9 Å². The summed E-state index contributed by atoms with van der Waals surface area (Å²) in [5, 5.41) is 0. The topological polar surface area (TPSA) is 0 Å². The Kier molecular flexibility index (Phi) is 3.36. The maximum Gasteiger partial charge on any atom is -0.0274 e. The molecule has 14 heavy (non-hydrogen) atoms. The van der Waals surface area contributed by atoms with Crippen molar-refractivity contribution in [1.29, 1.82) is 0 Å². The van der Waals surface area contributed by atoms with E-state index in [1.165, 1.54) is 29.5 Å². The maximum absolute atomic E-state index is 2.30. The summed E-state index contributed by atoms with van der Waals surface area (Å²) in [6, 6.07) is 6.85. The highest BCUT2D eigenvalue weighted by Crippen LogP contribution is 2.22. The predicted molar refractivity (Wildman–Crippen MR) is 63.7 cm³/mol. The van der Waals surface area contributed by atoms with Crippen LogP contribution in [-0.4, -0.2) is 0 Å². The minimum Gasteiger partial charge on any atom is -0.0602 e. The fourth-order valence-electron chi connectivity index (χ4n) is 1.73. The van der Waals surface area contributed by atoms with E-state index in [0.29, 0.717) is 5.41 Å². The second-order valence-corrected chi connectivity index (χ2v) is 5.56. The van der Waals surface area contributed by atoms with E-state index >= 15 is 0 Å². The molecule has 1 aromatic rings. The van der Waals surface area contributed by atoms with Crippen molar-refractivity contribution in [2.75, 3.05) is 0 Å². The molecule has 0 aliphatic heterocycles. The average molecular weight is 190 g/mol. The van der Waals surface area contributed by atoms with Gasteiger partial charge in [0.2, 0.25) is 0 Å². The maximum atomic E-state index is 2.30. The van der Waals surface area contributed by atoms with Crippen molar-refractivity contribution < 1.29 is 0 Å². The second kappa shape index (κ2) is 4.16. The first kappa shape index (κ1) is 11.3. The van der Waals surface area contributed by atoms with Crippen molar-refractivity contribution in [2.24, 2.45) is 5.41 Å². The van der Waals surface area contributed by atoms with E-state index in [0.717, 1.165) is 0 Å². The van der Waals surface area contributed by atoms with E-state index < -0.39 is 0 Å². The van der Waals surface area contributed by atoms with Crippen LogP contribution in [0.25, 0.3) is 0 Å². The summed E-state index contributed by atoms with van der Waals surface area (Å²) in [7, 11) is 0. The lowest BCUT2D eigenvalue weighted by Gasteiger charge is -2.18. The van der Waals surface area contributed by atoms with Crippen LogP contribution in [0.15, 0.2) is 18.2 Å². The number of rotatable bonds is 2. The molecule has 0 nitrogen and oxygen atoms in total. The van der Waals surface area contributed by atoms with Crippen molar-refractivity contribution in [3.63, 3.8) is 0 Å². The van der Waals surface area contributed by atoms with Gasteiger partial charge in [0, 0.05) is 0 Å². The van der Waals surface area contributed by atoms with Gasteiger partial charge in [0.15, 0.2) is 0 Å². The molecule has 0 radical (unpaired) electrons. The van der Waals surface area contributed by atoms with Gasteiger partial charge in [-0.25, -0.2) is 0 Å². The van der Waals surface area contributed by atoms with Gasteiger partial charge in [-0.05, 0) is 37.7 Å². The zero-order valence-corrected chi connectivity index (χ0v) is 10.1. The van der Waals surface area contributed by atoms with E-state index in [1.54, 1.807) is 0 Å². The minimum atomic E-state index is 0.442. The first-order chi connectivity index (χ1) is 6.37. The normalized spacial score (nSPS) is 11.8. The van der Waals surface area contributed by atoms with Crippen LogP contribution in [0.1, 0.15) is 43.9 Å². The van der Waals surface area contributed by atoms with Crippen molar-refractivity contribution >= 4 is 0 Å². The summed E-state index contributed by atoms with van der Waals surface area (Å²) in [5.41, 5.74) is 4.69. The first-order valence-electron chi connectivity index (χ1n) is 5.44. The molecular formula is C14H22. The number of benzene rings is 1. The molecule has 0 saturated carbocycles. The molecule has 78 valence electrons. The molecule has 1 aromatic carbocycles. The Morgan fingerprint density at radius 1 is 0.929 bits per heavy atom. The lowest BCUT2D eigenvalue weighted by molar-refractivity contribution is 0.378. The Morgan fingerprint density at radius 3 is 1.86 bits per heavy atom. The van der Waals surface area contributed by atoms with Crippen molar-refractivity contribution in [2.45, 2.75) is 47.5 Å². The Bertz CT molecular complexity index is 282. The third-order valence-corrected chi connectivity index (χ3v) is 2.45. The highest BCUT2D eigenvalue weighted by molar-refractivity contribution is 5.28. The largest absolute Gasteiger partial charge is 0.0602 e. The lowest BCUT2D eigenvalue weighted by atomic mass is 9.88. The summed E-state index contributed by atoms with van der Waals surface area (Å²) < 4.78 is 0. The Balaban J connectivity index is 2.68. The minimum absolute atomic E-state index is 0.442. The van der Waals surface area contributed by atoms with Crippen LogP contribution >= 0.6 is 0 Å². The van der Waals surface area contributed by atoms with E-state index in [4.69, 9.17) is 0 Å². The highest BCUT2D eigenvalue weighted by atomic mass is 14.2. The molecule has 0 bridgehead atoms. The van der Waals surface area contributed by atoms with Crippen LogP contribution in [0, 0.1) is 19.3 Å². The molecule has 1 rings (SSSR count). The van der Waals surface area contributed by atoms with Crippen LogP contribution < -0.4 is 0 Å².